The molecule has 0 aliphatic heterocycles. The number of nitrogens with zero attached hydrogens (tertiary/aromatic N) is 4. The summed E-state index contributed by atoms with van der Waals surface area (Å²) >= 11 is 0. The van der Waals surface area contributed by atoms with Crippen LogP contribution in [0.4, 0.5) is 17.8 Å². The maximum Gasteiger partial charge on any atom is 0.231 e. The Kier molecular flexibility index (Phi) is 5.55. The number of rotatable bonds is 6. The van der Waals surface area contributed by atoms with E-state index in [0.29, 0.717) is 29.7 Å². The van der Waals surface area contributed by atoms with Crippen LogP contribution in [0.2, 0.25) is 0 Å². The van der Waals surface area contributed by atoms with Crippen molar-refractivity contribution < 1.29 is 5.11 Å². The van der Waals surface area contributed by atoms with Crippen molar-refractivity contribution in [1.29, 1.82) is 0 Å². The molecule has 2 atom stereocenters. The summed E-state index contributed by atoms with van der Waals surface area (Å²) in [5, 5.41) is 15.7. The van der Waals surface area contributed by atoms with Gasteiger partial charge in [-0.25, -0.2) is 0 Å². The quantitative estimate of drug-likeness (QED) is 0.726. The Balaban J connectivity index is 2.03. The van der Waals surface area contributed by atoms with Crippen molar-refractivity contribution >= 4 is 17.8 Å². The second kappa shape index (κ2) is 7.40. The fourth-order valence-electron chi connectivity index (χ4n) is 2.77. The first-order chi connectivity index (χ1) is 10.1. The predicted molar refractivity (Wildman–Crippen MR) is 84.7 cm³/mol. The van der Waals surface area contributed by atoms with Crippen molar-refractivity contribution in [2.24, 2.45) is 11.8 Å². The van der Waals surface area contributed by atoms with E-state index in [0.717, 1.165) is 19.4 Å². The first-order valence-corrected chi connectivity index (χ1v) is 7.60. The number of nitrogens with one attached hydrogen (secondary N) is 2. The molecule has 1 aliphatic carbocycles. The van der Waals surface area contributed by atoms with Crippen molar-refractivity contribution in [2.75, 3.05) is 49.8 Å². The van der Waals surface area contributed by atoms with Crippen molar-refractivity contribution in [1.82, 2.24) is 15.0 Å². The van der Waals surface area contributed by atoms with Crippen LogP contribution in [0.25, 0.3) is 0 Å². The third-order valence-corrected chi connectivity index (χ3v) is 4.07. The van der Waals surface area contributed by atoms with Gasteiger partial charge in [-0.15, -0.1) is 0 Å². The number of aliphatic hydroxyl groups is 1. The van der Waals surface area contributed by atoms with Gasteiger partial charge in [0.2, 0.25) is 17.8 Å². The molecule has 21 heavy (non-hydrogen) atoms. The first-order valence-electron chi connectivity index (χ1n) is 7.60. The molecule has 7 heteroatoms. The third kappa shape index (κ3) is 4.17. The monoisotopic (exact) mass is 294 g/mol. The molecular weight excluding hydrogens is 268 g/mol. The molecule has 0 amide bonds. The second-order valence-corrected chi connectivity index (χ2v) is 5.80. The van der Waals surface area contributed by atoms with Gasteiger partial charge in [0.05, 0.1) is 0 Å². The van der Waals surface area contributed by atoms with Crippen molar-refractivity contribution in [3.05, 3.63) is 0 Å². The van der Waals surface area contributed by atoms with Crippen LogP contribution in [0, 0.1) is 11.8 Å². The summed E-state index contributed by atoms with van der Waals surface area (Å²) in [5.74, 6) is 2.64. The van der Waals surface area contributed by atoms with E-state index in [1.807, 2.05) is 19.0 Å². The Labute approximate surface area is 126 Å². The smallest absolute Gasteiger partial charge is 0.231 e. The summed E-state index contributed by atoms with van der Waals surface area (Å²) < 4.78 is 0. The van der Waals surface area contributed by atoms with Gasteiger partial charge in [0.25, 0.3) is 0 Å². The number of hydrogen-bond acceptors (Lipinski definition) is 7. The van der Waals surface area contributed by atoms with Gasteiger partial charge in [-0.05, 0) is 24.7 Å². The molecule has 1 aromatic rings. The van der Waals surface area contributed by atoms with Crippen molar-refractivity contribution in [2.45, 2.75) is 25.7 Å². The summed E-state index contributed by atoms with van der Waals surface area (Å²) in [7, 11) is 5.60. The molecule has 118 valence electrons. The van der Waals surface area contributed by atoms with Crippen molar-refractivity contribution in [3.8, 4) is 0 Å². The molecule has 0 aromatic carbocycles. The van der Waals surface area contributed by atoms with E-state index in [1.165, 1.54) is 12.8 Å². The Morgan fingerprint density at radius 3 is 2.38 bits per heavy atom. The van der Waals surface area contributed by atoms with Gasteiger partial charge in [0, 0.05) is 34.3 Å². The van der Waals surface area contributed by atoms with E-state index in [-0.39, 0.29) is 6.61 Å². The van der Waals surface area contributed by atoms with E-state index in [2.05, 4.69) is 25.6 Å². The summed E-state index contributed by atoms with van der Waals surface area (Å²) in [6, 6.07) is 0. The number of aromatic nitrogens is 3. The Morgan fingerprint density at radius 2 is 1.76 bits per heavy atom. The van der Waals surface area contributed by atoms with E-state index >= 15 is 0 Å². The topological polar surface area (TPSA) is 86.2 Å². The van der Waals surface area contributed by atoms with Gasteiger partial charge in [0.15, 0.2) is 0 Å². The average Bonchev–Trinajstić information content (AvgIpc) is 2.52. The number of aliphatic hydroxyl groups excluding tert-OH is 1. The van der Waals surface area contributed by atoms with E-state index in [4.69, 9.17) is 0 Å². The van der Waals surface area contributed by atoms with Crippen LogP contribution in [0.1, 0.15) is 25.7 Å². The Hall–Kier alpha value is -1.63. The lowest BCUT2D eigenvalue weighted by molar-refractivity contribution is 0.141. The maximum atomic E-state index is 9.47. The average molecular weight is 294 g/mol. The molecule has 1 aliphatic rings. The SMILES string of the molecule is CNc1nc(NCC2CCCCC2CO)nc(N(C)C)n1. The Bertz CT molecular complexity index is 453. The highest BCUT2D eigenvalue weighted by molar-refractivity contribution is 5.42. The predicted octanol–water partition coefficient (Wildman–Crippen LogP) is 1.19. The molecule has 2 rings (SSSR count). The highest BCUT2D eigenvalue weighted by Crippen LogP contribution is 2.29. The van der Waals surface area contributed by atoms with Crippen LogP contribution in [0.3, 0.4) is 0 Å². The van der Waals surface area contributed by atoms with Crippen molar-refractivity contribution in [3.63, 3.8) is 0 Å². The molecule has 0 bridgehead atoms. The van der Waals surface area contributed by atoms with Crippen LogP contribution in [0.5, 0.6) is 0 Å². The standard InChI is InChI=1S/C14H26N6O/c1-15-12-17-13(19-14(18-12)20(2)3)16-8-10-6-4-5-7-11(10)9-21/h10-11,21H,4-9H2,1-3H3,(H2,15,16,17,18,19). The number of anilines is 3. The minimum absolute atomic E-state index is 0.272. The normalized spacial score (nSPS) is 21.9. The zero-order valence-corrected chi connectivity index (χ0v) is 13.1. The molecule has 0 spiro atoms. The minimum atomic E-state index is 0.272. The molecule has 1 fully saturated rings. The molecular formula is C14H26N6O. The zero-order chi connectivity index (χ0) is 15.2. The van der Waals surface area contributed by atoms with Gasteiger partial charge < -0.3 is 20.6 Å². The lowest BCUT2D eigenvalue weighted by atomic mass is 9.80. The van der Waals surface area contributed by atoms with E-state index < -0.39 is 0 Å². The summed E-state index contributed by atoms with van der Waals surface area (Å²) in [6.45, 7) is 1.07. The fourth-order valence-corrected chi connectivity index (χ4v) is 2.77. The van der Waals surface area contributed by atoms with Crippen LogP contribution in [-0.2, 0) is 0 Å². The zero-order valence-electron chi connectivity index (χ0n) is 13.1. The highest BCUT2D eigenvalue weighted by Gasteiger charge is 2.24. The maximum absolute atomic E-state index is 9.47. The summed E-state index contributed by atoms with van der Waals surface area (Å²) in [5.41, 5.74) is 0. The molecule has 0 radical (unpaired) electrons. The van der Waals surface area contributed by atoms with Gasteiger partial charge in [-0.2, -0.15) is 15.0 Å². The minimum Gasteiger partial charge on any atom is -0.396 e. The van der Waals surface area contributed by atoms with Gasteiger partial charge in [0.1, 0.15) is 0 Å². The fraction of sp³-hybridized carbons (Fsp3) is 0.786. The molecule has 1 aromatic heterocycles. The van der Waals surface area contributed by atoms with Gasteiger partial charge in [-0.1, -0.05) is 12.8 Å². The van der Waals surface area contributed by atoms with Crippen LogP contribution in [-0.4, -0.2) is 54.4 Å². The van der Waals surface area contributed by atoms with Crippen LogP contribution >= 0.6 is 0 Å². The van der Waals surface area contributed by atoms with Crippen LogP contribution < -0.4 is 15.5 Å². The first kappa shape index (κ1) is 15.8. The third-order valence-electron chi connectivity index (χ3n) is 4.07. The number of hydrogen-bond donors (Lipinski definition) is 3. The van der Waals surface area contributed by atoms with E-state index in [9.17, 15) is 5.11 Å². The molecule has 2 unspecified atom stereocenters. The Morgan fingerprint density at radius 1 is 1.10 bits per heavy atom. The highest BCUT2D eigenvalue weighted by atomic mass is 16.3. The lowest BCUT2D eigenvalue weighted by Gasteiger charge is -2.30. The summed E-state index contributed by atoms with van der Waals surface area (Å²) in [4.78, 5) is 14.9. The van der Waals surface area contributed by atoms with Gasteiger partial charge in [-0.3, -0.25) is 0 Å². The molecule has 3 N–H and O–H groups in total. The molecule has 0 saturated heterocycles. The summed E-state index contributed by atoms with van der Waals surface area (Å²) in [6.07, 6.45) is 4.74. The molecule has 7 nitrogen and oxygen atoms in total. The van der Waals surface area contributed by atoms with E-state index in [1.54, 1.807) is 7.05 Å². The van der Waals surface area contributed by atoms with Gasteiger partial charge >= 0.3 is 0 Å². The molecule has 1 saturated carbocycles. The van der Waals surface area contributed by atoms with Crippen LogP contribution in [0.15, 0.2) is 0 Å². The molecule has 1 heterocycles. The lowest BCUT2D eigenvalue weighted by Crippen LogP contribution is -2.29. The second-order valence-electron chi connectivity index (χ2n) is 5.80. The largest absolute Gasteiger partial charge is 0.396 e.